The molecule has 25 nitrogen and oxygen atoms in total. The Bertz CT molecular complexity index is 4610. The second kappa shape index (κ2) is 63.5. The van der Waals surface area contributed by atoms with Gasteiger partial charge in [-0.2, -0.15) is 0 Å². The molecule has 714 valence electrons. The molecule has 0 amide bonds. The van der Waals surface area contributed by atoms with Gasteiger partial charge in [-0.3, -0.25) is 19.9 Å². The third-order valence-corrected chi connectivity index (χ3v) is 19.2. The van der Waals surface area contributed by atoms with E-state index in [9.17, 15) is 0 Å². The fraction of sp³-hybridized carbons (Fsp3) is 0.519. The van der Waals surface area contributed by atoms with Gasteiger partial charge in [-0.1, -0.05) is 151 Å². The predicted octanol–water partition coefficient (Wildman–Crippen LogP) is 25.3. The molecule has 0 unspecified atom stereocenters. The topological polar surface area (TPSA) is 284 Å². The van der Waals surface area contributed by atoms with Crippen LogP contribution in [0.5, 0.6) is 81.1 Å². The number of nitrogens with two attached hydrogens (primary N) is 1. The van der Waals surface area contributed by atoms with Gasteiger partial charge in [0.15, 0.2) is 40.3 Å². The summed E-state index contributed by atoms with van der Waals surface area (Å²) in [6.45, 7) is 63.0. The second-order valence-electron chi connectivity index (χ2n) is 33.0. The van der Waals surface area contributed by atoms with E-state index in [1.165, 1.54) is 33.4 Å². The van der Waals surface area contributed by atoms with Gasteiger partial charge in [-0.15, -0.1) is 0 Å². The molecule has 0 atom stereocenters. The van der Waals surface area contributed by atoms with Crippen molar-refractivity contribution in [1.29, 1.82) is 0 Å². The van der Waals surface area contributed by atoms with Crippen LogP contribution < -0.4 is 72.0 Å². The summed E-state index contributed by atoms with van der Waals surface area (Å²) in [4.78, 5) is 41.8. The quantitative estimate of drug-likeness (QED) is 0.0438. The molecular weight excluding hydrogens is 1630 g/mol. The van der Waals surface area contributed by atoms with Crippen molar-refractivity contribution in [3.63, 3.8) is 0 Å². The van der Waals surface area contributed by atoms with Crippen LogP contribution in [-0.4, -0.2) is 146 Å². The number of ether oxygens (including phenoxy) is 14. The molecule has 129 heavy (non-hydrogen) atoms. The van der Waals surface area contributed by atoms with Crippen LogP contribution in [0, 0.1) is 13.8 Å². The molecule has 0 saturated heterocycles. The molecular formula is C104H159N11O14. The first-order valence-corrected chi connectivity index (χ1v) is 44.8. The standard InChI is InChI=1S/2C12H19NO2.2C11H17NO2.C11H17NO.C10H15NO2.C10H15NO.C9H14N2O.C9H13NO.C9H13N/c1-8(2)10-6-11(15-9(3)4)12(14-5)13-7-10;1-5-14-11-7-10(9(3)4)8-13-12(11)15-6-2;1-5-14-10-6-9(8(2)3)7-12-11(10)13-4;1-5-14-11-10(13-4)6-9(7-12-11)8(2)3;1-5-10-11(13-4)6-9(7-12-10)8(2)3;1-7(2)8-5-9(12-3)10(13-4)11-6-8;1-7(2)9-5-10(12-4)8(3)11-6-9;1-6(2)7-4-8(12-3)9(10)11-5-7;1-7(2)8-4-9(11-3)6-10-5-8;1-7(2)9-4-8(3)5-10-6-9/h6-9H,1-5H3;7-9H,5-6H2,1-4H3;2*6-8H,5H2,1-4H3;6-8H,5H2,1-4H3;5-7H,1-4H3;5-7H,1-4H3;4-6H,1-3H3,(H2,10,11);4-7H,1-3H3;4-7H,1-3H3. The Hall–Kier alpha value is -11.5. The Morgan fingerprint density at radius 3 is 0.868 bits per heavy atom. The summed E-state index contributed by atoms with van der Waals surface area (Å²) in [5.41, 5.74) is 20.7. The highest BCUT2D eigenvalue weighted by molar-refractivity contribution is 5.48. The minimum atomic E-state index is 0.128. The van der Waals surface area contributed by atoms with Crippen LogP contribution in [0.25, 0.3) is 0 Å². The van der Waals surface area contributed by atoms with E-state index >= 15 is 0 Å². The molecule has 0 aliphatic carbocycles. The average molecular weight is 1790 g/mol. The van der Waals surface area contributed by atoms with Crippen molar-refractivity contribution in [1.82, 2.24) is 49.8 Å². The Balaban J connectivity index is 0.000000718. The van der Waals surface area contributed by atoms with Gasteiger partial charge < -0.3 is 72.0 Å². The van der Waals surface area contributed by atoms with E-state index in [0.29, 0.717) is 138 Å². The van der Waals surface area contributed by atoms with E-state index in [4.69, 9.17) is 72.0 Å². The maximum absolute atomic E-state index is 5.64. The lowest BCUT2D eigenvalue weighted by Gasteiger charge is -2.14. The maximum atomic E-state index is 5.64. The van der Waals surface area contributed by atoms with Crippen LogP contribution in [0.15, 0.2) is 135 Å². The lowest BCUT2D eigenvalue weighted by Crippen LogP contribution is -2.08. The highest BCUT2D eigenvalue weighted by Crippen LogP contribution is 2.35. The largest absolute Gasteiger partial charge is 0.495 e. The minimum Gasteiger partial charge on any atom is -0.495 e. The maximum Gasteiger partial charge on any atom is 0.256 e. The molecule has 0 saturated carbocycles. The van der Waals surface area contributed by atoms with Crippen LogP contribution in [0.3, 0.4) is 0 Å². The first-order chi connectivity index (χ1) is 61.2. The first kappa shape index (κ1) is 116. The summed E-state index contributed by atoms with van der Waals surface area (Å²) in [5.74, 6) is 14.9. The van der Waals surface area contributed by atoms with Gasteiger partial charge in [-0.25, -0.2) is 29.9 Å². The van der Waals surface area contributed by atoms with Gasteiger partial charge in [0.2, 0.25) is 0 Å². The Labute approximate surface area is 775 Å². The van der Waals surface area contributed by atoms with E-state index in [1.807, 2.05) is 159 Å². The normalized spacial score (nSPS) is 10.4. The fourth-order valence-corrected chi connectivity index (χ4v) is 10.9. The second-order valence-corrected chi connectivity index (χ2v) is 33.0. The fourth-order valence-electron chi connectivity index (χ4n) is 10.9. The van der Waals surface area contributed by atoms with Gasteiger partial charge in [0.25, 0.3) is 29.4 Å². The SMILES string of the molecule is CCOc1cc(C(C)C)cnc1OC.CCOc1cc(C(C)C)cnc1OCC.CCOc1ncc(C(C)C)cc1OC.CCc1ncc(C(C)C)cc1OC.COc1cc(C(C)C)cnc1C.COc1cc(C(C)C)cnc1N.COc1cc(C(C)C)cnc1OC.COc1cncc(C(C)C)c1.COc1ncc(C(C)C)cc1OC(C)C.Cc1cncc(C(C)C)c1. The Kier molecular flexibility index (Phi) is 56.8. The van der Waals surface area contributed by atoms with Gasteiger partial charge in [0.1, 0.15) is 17.2 Å². The summed E-state index contributed by atoms with van der Waals surface area (Å²) >= 11 is 0. The first-order valence-electron chi connectivity index (χ1n) is 44.8. The third-order valence-electron chi connectivity index (χ3n) is 19.2. The van der Waals surface area contributed by atoms with Crippen molar-refractivity contribution in [2.45, 2.75) is 272 Å². The molecule has 0 radical (unpaired) electrons. The number of aromatic nitrogens is 10. The molecule has 0 aromatic carbocycles. The number of hydrogen-bond acceptors (Lipinski definition) is 25. The van der Waals surface area contributed by atoms with Crippen LogP contribution in [0.1, 0.15) is 319 Å². The van der Waals surface area contributed by atoms with Crippen molar-refractivity contribution < 1.29 is 66.3 Å². The molecule has 0 aliphatic heterocycles. The molecule has 0 spiro atoms. The summed E-state index contributed by atoms with van der Waals surface area (Å²) < 4.78 is 73.4. The van der Waals surface area contributed by atoms with Crippen LogP contribution in [0.2, 0.25) is 0 Å². The van der Waals surface area contributed by atoms with Crippen molar-refractivity contribution >= 4 is 5.82 Å². The zero-order valence-electron chi connectivity index (χ0n) is 85.4. The molecule has 2 N–H and O–H groups in total. The predicted molar refractivity (Wildman–Crippen MR) is 526 cm³/mol. The number of rotatable bonds is 30. The Morgan fingerprint density at radius 1 is 0.248 bits per heavy atom. The number of methoxy groups -OCH3 is 9. The van der Waals surface area contributed by atoms with E-state index < -0.39 is 0 Å². The lowest BCUT2D eigenvalue weighted by atomic mass is 10.0. The van der Waals surface area contributed by atoms with Crippen LogP contribution in [0.4, 0.5) is 5.82 Å². The zero-order valence-corrected chi connectivity index (χ0v) is 85.4. The van der Waals surface area contributed by atoms with Crippen molar-refractivity contribution in [3.05, 3.63) is 208 Å². The van der Waals surface area contributed by atoms with Crippen LogP contribution in [-0.2, 0) is 6.42 Å². The van der Waals surface area contributed by atoms with E-state index in [-0.39, 0.29) is 6.10 Å². The van der Waals surface area contributed by atoms with Crippen molar-refractivity contribution in [3.8, 4) is 81.1 Å². The lowest BCUT2D eigenvalue weighted by molar-refractivity contribution is 0.226. The molecule has 0 aliphatic rings. The van der Waals surface area contributed by atoms with E-state index in [2.05, 4.69) is 214 Å². The van der Waals surface area contributed by atoms with Crippen molar-refractivity contribution in [2.75, 3.05) is 96.1 Å². The van der Waals surface area contributed by atoms with Gasteiger partial charge in [0.05, 0.1) is 114 Å². The molecule has 10 heterocycles. The molecule has 10 rings (SSSR count). The van der Waals surface area contributed by atoms with Gasteiger partial charge in [-0.05, 0) is 237 Å². The highest BCUT2D eigenvalue weighted by Gasteiger charge is 2.16. The number of pyridine rings is 10. The zero-order chi connectivity index (χ0) is 97.6. The monoisotopic (exact) mass is 1790 g/mol. The third kappa shape index (κ3) is 43.0. The van der Waals surface area contributed by atoms with Crippen molar-refractivity contribution in [2.24, 2.45) is 0 Å². The summed E-state index contributed by atoms with van der Waals surface area (Å²) in [5, 5.41) is 0. The number of nitrogens with zero attached hydrogens (tertiary/aromatic N) is 10. The number of hydrogen-bond donors (Lipinski definition) is 1. The van der Waals surface area contributed by atoms with E-state index in [0.717, 1.165) is 80.1 Å². The van der Waals surface area contributed by atoms with E-state index in [1.54, 1.807) is 76.4 Å². The number of anilines is 1. The Morgan fingerprint density at radius 2 is 0.527 bits per heavy atom. The molecule has 10 aromatic rings. The van der Waals surface area contributed by atoms with Gasteiger partial charge in [0, 0.05) is 68.2 Å². The molecule has 25 heteroatoms. The minimum absolute atomic E-state index is 0.128. The van der Waals surface area contributed by atoms with Crippen LogP contribution >= 0.6 is 0 Å². The molecule has 0 bridgehead atoms. The summed E-state index contributed by atoms with van der Waals surface area (Å²) in [6.07, 6.45) is 23.2. The molecule has 10 aromatic heterocycles. The number of nitrogen functional groups attached to an aromatic ring is 1. The summed E-state index contributed by atoms with van der Waals surface area (Å²) in [6, 6.07) is 20.2. The highest BCUT2D eigenvalue weighted by atomic mass is 16.5. The smallest absolute Gasteiger partial charge is 0.256 e. The van der Waals surface area contributed by atoms with Gasteiger partial charge >= 0.3 is 0 Å². The molecule has 0 fully saturated rings. The number of aryl methyl sites for hydroxylation is 3. The average Bonchev–Trinajstić information content (AvgIpc) is 0.857. The summed E-state index contributed by atoms with van der Waals surface area (Å²) in [7, 11) is 14.6.